The molecule has 1 aliphatic carbocycles. The van der Waals surface area contributed by atoms with Crippen LogP contribution in [0.15, 0.2) is 52.7 Å². The topological polar surface area (TPSA) is 87.6 Å². The van der Waals surface area contributed by atoms with E-state index in [1.54, 1.807) is 30.7 Å². The van der Waals surface area contributed by atoms with Crippen LogP contribution in [0.1, 0.15) is 18.4 Å². The fourth-order valence-electron chi connectivity index (χ4n) is 2.75. The van der Waals surface area contributed by atoms with Crippen LogP contribution in [0.4, 0.5) is 4.39 Å². The Morgan fingerprint density at radius 2 is 1.84 bits per heavy atom. The maximum Gasteiger partial charge on any atom is 0.317 e. The molecule has 1 fully saturated rings. The van der Waals surface area contributed by atoms with Gasteiger partial charge in [-0.05, 0) is 24.5 Å². The van der Waals surface area contributed by atoms with Crippen molar-refractivity contribution in [2.45, 2.75) is 24.9 Å². The smallest absolute Gasteiger partial charge is 0.305 e. The van der Waals surface area contributed by atoms with Crippen LogP contribution in [-0.4, -0.2) is 35.8 Å². The summed E-state index contributed by atoms with van der Waals surface area (Å²) in [6.07, 6.45) is 8.87. The van der Waals surface area contributed by atoms with Crippen LogP contribution in [0.25, 0.3) is 5.82 Å². The number of rotatable bonds is 5. The van der Waals surface area contributed by atoms with E-state index >= 15 is 0 Å². The monoisotopic (exact) mass is 342 g/mol. The van der Waals surface area contributed by atoms with E-state index in [0.717, 1.165) is 5.56 Å². The van der Waals surface area contributed by atoms with Crippen LogP contribution in [0.3, 0.4) is 0 Å². The molecular weight excluding hydrogens is 327 g/mol. The maximum absolute atomic E-state index is 13.1. The van der Waals surface area contributed by atoms with Gasteiger partial charge < -0.3 is 9.13 Å². The highest BCUT2D eigenvalue weighted by Gasteiger charge is 2.45. The van der Waals surface area contributed by atoms with Gasteiger partial charge in [0.1, 0.15) is 6.67 Å². The molecule has 3 aromatic rings. The minimum Gasteiger partial charge on any atom is -0.305 e. The van der Waals surface area contributed by atoms with Crippen molar-refractivity contribution in [1.29, 1.82) is 0 Å². The SMILES string of the molecule is O=c1c(=O)n(C2(CF)CC2)ccn1Cc1ccc(-n2nccn2)nc1. The lowest BCUT2D eigenvalue weighted by Crippen LogP contribution is -2.45. The number of halogens is 1. The molecule has 0 bridgehead atoms. The molecule has 0 aliphatic heterocycles. The van der Waals surface area contributed by atoms with E-state index < -0.39 is 23.3 Å². The summed E-state index contributed by atoms with van der Waals surface area (Å²) in [5, 5.41) is 7.97. The molecular formula is C16H15FN6O2. The van der Waals surface area contributed by atoms with Crippen LogP contribution in [0, 0.1) is 0 Å². The second kappa shape index (κ2) is 5.76. The quantitative estimate of drug-likeness (QED) is 0.630. The average molecular weight is 342 g/mol. The summed E-state index contributed by atoms with van der Waals surface area (Å²) in [5.41, 5.74) is -1.42. The van der Waals surface area contributed by atoms with Crippen LogP contribution < -0.4 is 11.1 Å². The molecule has 3 aromatic heterocycles. The Balaban J connectivity index is 1.60. The molecule has 1 saturated carbocycles. The summed E-state index contributed by atoms with van der Waals surface area (Å²) in [6, 6.07) is 3.51. The lowest BCUT2D eigenvalue weighted by atomic mass is 10.2. The Morgan fingerprint density at radius 3 is 2.44 bits per heavy atom. The van der Waals surface area contributed by atoms with Gasteiger partial charge in [-0.3, -0.25) is 9.59 Å². The van der Waals surface area contributed by atoms with E-state index in [-0.39, 0.29) is 6.54 Å². The number of hydrogen-bond donors (Lipinski definition) is 0. The van der Waals surface area contributed by atoms with E-state index in [0.29, 0.717) is 18.7 Å². The van der Waals surface area contributed by atoms with Crippen LogP contribution >= 0.6 is 0 Å². The Hall–Kier alpha value is -3.10. The van der Waals surface area contributed by atoms with Crippen molar-refractivity contribution >= 4 is 0 Å². The Morgan fingerprint density at radius 1 is 1.08 bits per heavy atom. The van der Waals surface area contributed by atoms with Crippen molar-refractivity contribution in [2.75, 3.05) is 6.67 Å². The zero-order valence-electron chi connectivity index (χ0n) is 13.2. The first-order chi connectivity index (χ1) is 12.1. The highest BCUT2D eigenvalue weighted by Crippen LogP contribution is 2.42. The Kier molecular flexibility index (Phi) is 3.56. The van der Waals surface area contributed by atoms with E-state index in [2.05, 4.69) is 15.2 Å². The molecule has 8 nitrogen and oxygen atoms in total. The fourth-order valence-corrected chi connectivity index (χ4v) is 2.75. The summed E-state index contributed by atoms with van der Waals surface area (Å²) < 4.78 is 15.7. The Labute approximate surface area is 141 Å². The van der Waals surface area contributed by atoms with Crippen molar-refractivity contribution in [2.24, 2.45) is 0 Å². The molecule has 0 atom stereocenters. The minimum atomic E-state index is -0.810. The van der Waals surface area contributed by atoms with E-state index in [9.17, 15) is 14.0 Å². The average Bonchev–Trinajstić information content (AvgIpc) is 3.23. The van der Waals surface area contributed by atoms with Crippen molar-refractivity contribution < 1.29 is 4.39 Å². The van der Waals surface area contributed by atoms with Gasteiger partial charge in [-0.1, -0.05) is 6.07 Å². The standard InChI is InChI=1S/C16H15FN6O2/c17-11-16(3-4-16)22-8-7-21(14(24)15(22)25)10-12-1-2-13(18-9-12)23-19-5-6-20-23/h1-2,5-9H,3-4,10-11H2. The normalized spacial score (nSPS) is 15.2. The van der Waals surface area contributed by atoms with Crippen molar-refractivity contribution in [3.05, 3.63) is 69.4 Å². The van der Waals surface area contributed by atoms with Gasteiger partial charge in [0.2, 0.25) is 0 Å². The van der Waals surface area contributed by atoms with Gasteiger partial charge in [-0.15, -0.1) is 4.80 Å². The molecule has 0 saturated heterocycles. The van der Waals surface area contributed by atoms with E-state index in [1.165, 1.54) is 26.3 Å². The van der Waals surface area contributed by atoms with Crippen molar-refractivity contribution in [1.82, 2.24) is 29.1 Å². The Bertz CT molecular complexity index is 1000. The number of nitrogens with zero attached hydrogens (tertiary/aromatic N) is 6. The molecule has 0 amide bonds. The number of hydrogen-bond acceptors (Lipinski definition) is 5. The van der Waals surface area contributed by atoms with Gasteiger partial charge in [-0.2, -0.15) is 10.2 Å². The summed E-state index contributed by atoms with van der Waals surface area (Å²) in [5.74, 6) is 0.551. The number of aromatic nitrogens is 6. The van der Waals surface area contributed by atoms with Gasteiger partial charge in [0.15, 0.2) is 5.82 Å². The molecule has 9 heteroatoms. The van der Waals surface area contributed by atoms with E-state index in [4.69, 9.17) is 0 Å². The highest BCUT2D eigenvalue weighted by atomic mass is 19.1. The summed E-state index contributed by atoms with van der Waals surface area (Å²) in [7, 11) is 0. The lowest BCUT2D eigenvalue weighted by molar-refractivity contribution is 0.326. The molecule has 25 heavy (non-hydrogen) atoms. The van der Waals surface area contributed by atoms with Gasteiger partial charge >= 0.3 is 11.1 Å². The maximum atomic E-state index is 13.1. The first-order valence-corrected chi connectivity index (χ1v) is 7.83. The second-order valence-electron chi connectivity index (χ2n) is 6.11. The first kappa shape index (κ1) is 15.4. The molecule has 4 rings (SSSR count). The molecule has 128 valence electrons. The zero-order valence-corrected chi connectivity index (χ0v) is 13.2. The zero-order chi connectivity index (χ0) is 17.4. The number of pyridine rings is 1. The van der Waals surface area contributed by atoms with Crippen molar-refractivity contribution in [3.63, 3.8) is 0 Å². The van der Waals surface area contributed by atoms with Crippen molar-refractivity contribution in [3.8, 4) is 5.82 Å². The van der Waals surface area contributed by atoms with Crippen LogP contribution in [0.2, 0.25) is 0 Å². The third-order valence-electron chi connectivity index (χ3n) is 4.43. The largest absolute Gasteiger partial charge is 0.317 e. The van der Waals surface area contributed by atoms with Crippen LogP contribution in [-0.2, 0) is 12.1 Å². The van der Waals surface area contributed by atoms with Crippen LogP contribution in [0.5, 0.6) is 0 Å². The highest BCUT2D eigenvalue weighted by molar-refractivity contribution is 5.23. The molecule has 0 radical (unpaired) electrons. The van der Waals surface area contributed by atoms with Gasteiger partial charge in [0.05, 0.1) is 24.5 Å². The second-order valence-corrected chi connectivity index (χ2v) is 6.11. The lowest BCUT2D eigenvalue weighted by Gasteiger charge is -2.15. The molecule has 3 heterocycles. The van der Waals surface area contributed by atoms with E-state index in [1.807, 2.05) is 0 Å². The number of alkyl halides is 1. The fraction of sp³-hybridized carbons (Fsp3) is 0.312. The minimum absolute atomic E-state index is 0.206. The van der Waals surface area contributed by atoms with Gasteiger partial charge in [0, 0.05) is 18.6 Å². The molecule has 1 aliphatic rings. The predicted molar refractivity (Wildman–Crippen MR) is 86.4 cm³/mol. The summed E-state index contributed by atoms with van der Waals surface area (Å²) in [6.45, 7) is -0.430. The molecule has 0 aromatic carbocycles. The predicted octanol–water partition coefficient (Wildman–Crippen LogP) is 0.493. The molecule has 0 unspecified atom stereocenters. The molecule has 0 N–H and O–H groups in total. The van der Waals surface area contributed by atoms with Gasteiger partial charge in [0.25, 0.3) is 0 Å². The van der Waals surface area contributed by atoms with Gasteiger partial charge in [-0.25, -0.2) is 9.37 Å². The summed E-state index contributed by atoms with van der Waals surface area (Å²) >= 11 is 0. The molecule has 0 spiro atoms. The summed E-state index contributed by atoms with van der Waals surface area (Å²) in [4.78, 5) is 30.2. The third-order valence-corrected chi connectivity index (χ3v) is 4.43. The third kappa shape index (κ3) is 2.67. The first-order valence-electron chi connectivity index (χ1n) is 7.83.